The number of carbonyl (C=O) groups is 3. The normalized spacial score (nSPS) is 16.0. The fourth-order valence-electron chi connectivity index (χ4n) is 3.70. The third-order valence-electron chi connectivity index (χ3n) is 5.28. The van der Waals surface area contributed by atoms with Gasteiger partial charge in [-0.05, 0) is 30.0 Å². The molecule has 1 saturated heterocycles. The van der Waals surface area contributed by atoms with Crippen molar-refractivity contribution < 1.29 is 19.1 Å². The molecule has 1 N–H and O–H groups in total. The van der Waals surface area contributed by atoms with Gasteiger partial charge >= 0.3 is 5.97 Å². The molecule has 1 fully saturated rings. The van der Waals surface area contributed by atoms with Crippen molar-refractivity contribution >= 4 is 39.9 Å². The minimum atomic E-state index is -0.595. The van der Waals surface area contributed by atoms with Crippen molar-refractivity contribution in [2.24, 2.45) is 5.92 Å². The van der Waals surface area contributed by atoms with E-state index >= 15 is 0 Å². The number of para-hydroxylation sites is 1. The fourth-order valence-corrected chi connectivity index (χ4v) is 3.70. The Kier molecular flexibility index (Phi) is 5.48. The molecule has 1 aliphatic heterocycles. The van der Waals surface area contributed by atoms with Crippen LogP contribution in [0.25, 0.3) is 10.8 Å². The third-order valence-corrected chi connectivity index (χ3v) is 5.28. The maximum atomic E-state index is 12.6. The molecule has 0 radical (unpaired) electrons. The molecule has 0 aliphatic carbocycles. The number of amides is 2. The summed E-state index contributed by atoms with van der Waals surface area (Å²) in [6, 6.07) is 20.9. The van der Waals surface area contributed by atoms with Gasteiger partial charge in [0.15, 0.2) is 6.61 Å². The summed E-state index contributed by atoms with van der Waals surface area (Å²) < 4.78 is 5.19. The summed E-state index contributed by atoms with van der Waals surface area (Å²) in [5.74, 6) is -1.67. The van der Waals surface area contributed by atoms with Gasteiger partial charge < -0.3 is 15.0 Å². The summed E-state index contributed by atoms with van der Waals surface area (Å²) >= 11 is 0. The first-order chi connectivity index (χ1) is 14.5. The van der Waals surface area contributed by atoms with Crippen molar-refractivity contribution in [2.45, 2.75) is 13.3 Å². The van der Waals surface area contributed by atoms with Crippen LogP contribution in [0.2, 0.25) is 0 Å². The molecule has 1 heterocycles. The monoisotopic (exact) mass is 402 g/mol. The standard InChI is InChI=1S/C24H22N2O4/c1-16-7-2-5-11-20(16)25-22(27)15-30-24(29)18-13-23(28)26(14-18)21-12-6-9-17-8-3-4-10-19(17)21/h2-12,18H,13-15H2,1H3,(H,25,27)/t18-/m0/s1. The topological polar surface area (TPSA) is 75.7 Å². The van der Waals surface area contributed by atoms with E-state index in [9.17, 15) is 14.4 Å². The summed E-state index contributed by atoms with van der Waals surface area (Å²) in [4.78, 5) is 38.8. The number of rotatable bonds is 5. The number of hydrogen-bond donors (Lipinski definition) is 1. The molecule has 6 heteroatoms. The average molecular weight is 402 g/mol. The van der Waals surface area contributed by atoms with Gasteiger partial charge in [-0.2, -0.15) is 0 Å². The van der Waals surface area contributed by atoms with Crippen LogP contribution in [0.3, 0.4) is 0 Å². The number of anilines is 2. The number of nitrogens with one attached hydrogen (secondary N) is 1. The van der Waals surface area contributed by atoms with Crippen molar-refractivity contribution in [3.05, 3.63) is 72.3 Å². The Morgan fingerprint density at radius 1 is 1.03 bits per heavy atom. The number of benzene rings is 3. The van der Waals surface area contributed by atoms with E-state index < -0.39 is 17.8 Å². The molecule has 0 saturated carbocycles. The summed E-state index contributed by atoms with van der Waals surface area (Å²) in [6.07, 6.45) is 0.0709. The lowest BCUT2D eigenvalue weighted by molar-refractivity contribution is -0.151. The molecule has 1 aliphatic rings. The number of aryl methyl sites for hydroxylation is 1. The highest BCUT2D eigenvalue weighted by Gasteiger charge is 2.36. The maximum Gasteiger partial charge on any atom is 0.311 e. The number of nitrogens with zero attached hydrogens (tertiary/aromatic N) is 1. The minimum absolute atomic E-state index is 0.0709. The van der Waals surface area contributed by atoms with Gasteiger partial charge in [-0.1, -0.05) is 54.6 Å². The second-order valence-electron chi connectivity index (χ2n) is 7.37. The van der Waals surface area contributed by atoms with E-state index in [1.807, 2.05) is 67.6 Å². The van der Waals surface area contributed by atoms with E-state index in [1.165, 1.54) is 0 Å². The second kappa shape index (κ2) is 8.37. The van der Waals surface area contributed by atoms with E-state index in [0.29, 0.717) is 5.69 Å². The Morgan fingerprint density at radius 2 is 1.77 bits per heavy atom. The number of esters is 1. The van der Waals surface area contributed by atoms with Crippen LogP contribution in [-0.4, -0.2) is 30.9 Å². The molecule has 3 aromatic rings. The molecule has 0 aromatic heterocycles. The van der Waals surface area contributed by atoms with E-state index in [1.54, 1.807) is 11.0 Å². The maximum absolute atomic E-state index is 12.6. The predicted octanol–water partition coefficient (Wildman–Crippen LogP) is 3.68. The molecule has 0 bridgehead atoms. The predicted molar refractivity (Wildman–Crippen MR) is 115 cm³/mol. The molecule has 1 atom stereocenters. The van der Waals surface area contributed by atoms with Crippen molar-refractivity contribution in [3.63, 3.8) is 0 Å². The van der Waals surface area contributed by atoms with E-state index in [2.05, 4.69) is 5.32 Å². The molecule has 2 amide bonds. The molecule has 30 heavy (non-hydrogen) atoms. The first kappa shape index (κ1) is 19.6. The van der Waals surface area contributed by atoms with Crippen LogP contribution in [0.4, 0.5) is 11.4 Å². The van der Waals surface area contributed by atoms with Crippen molar-refractivity contribution in [3.8, 4) is 0 Å². The lowest BCUT2D eigenvalue weighted by atomic mass is 10.1. The van der Waals surface area contributed by atoms with Crippen LogP contribution in [0.15, 0.2) is 66.7 Å². The molecule has 152 valence electrons. The second-order valence-corrected chi connectivity index (χ2v) is 7.37. The molecule has 0 spiro atoms. The fraction of sp³-hybridized carbons (Fsp3) is 0.208. The molecular formula is C24H22N2O4. The zero-order chi connectivity index (χ0) is 21.1. The largest absolute Gasteiger partial charge is 0.455 e. The first-order valence-corrected chi connectivity index (χ1v) is 9.83. The van der Waals surface area contributed by atoms with Gasteiger partial charge in [0.05, 0.1) is 11.6 Å². The first-order valence-electron chi connectivity index (χ1n) is 9.83. The number of hydrogen-bond acceptors (Lipinski definition) is 4. The van der Waals surface area contributed by atoms with Crippen molar-refractivity contribution in [2.75, 3.05) is 23.4 Å². The molecule has 0 unspecified atom stereocenters. The molecular weight excluding hydrogens is 380 g/mol. The van der Waals surface area contributed by atoms with Crippen LogP contribution in [0, 0.1) is 12.8 Å². The molecule has 6 nitrogen and oxygen atoms in total. The van der Waals surface area contributed by atoms with E-state index in [0.717, 1.165) is 22.0 Å². The number of ether oxygens (including phenoxy) is 1. The quantitative estimate of drug-likeness (QED) is 0.661. The zero-order valence-corrected chi connectivity index (χ0v) is 16.6. The smallest absolute Gasteiger partial charge is 0.311 e. The highest BCUT2D eigenvalue weighted by Crippen LogP contribution is 2.32. The van der Waals surface area contributed by atoms with Crippen LogP contribution in [-0.2, 0) is 19.1 Å². The van der Waals surface area contributed by atoms with Crippen molar-refractivity contribution in [1.29, 1.82) is 0 Å². The van der Waals surface area contributed by atoms with E-state index in [-0.39, 0.29) is 25.5 Å². The minimum Gasteiger partial charge on any atom is -0.455 e. The average Bonchev–Trinajstić information content (AvgIpc) is 3.15. The Labute approximate surface area is 174 Å². The summed E-state index contributed by atoms with van der Waals surface area (Å²) in [7, 11) is 0. The van der Waals surface area contributed by atoms with Gasteiger partial charge in [-0.3, -0.25) is 14.4 Å². The highest BCUT2D eigenvalue weighted by molar-refractivity contribution is 6.06. The highest BCUT2D eigenvalue weighted by atomic mass is 16.5. The summed E-state index contributed by atoms with van der Waals surface area (Å²) in [5, 5.41) is 4.71. The van der Waals surface area contributed by atoms with Gasteiger partial charge in [0, 0.05) is 24.0 Å². The molecule has 4 rings (SSSR count). The number of fused-ring (bicyclic) bond motifs is 1. The van der Waals surface area contributed by atoms with Gasteiger partial charge in [-0.25, -0.2) is 0 Å². The van der Waals surface area contributed by atoms with Crippen LogP contribution >= 0.6 is 0 Å². The van der Waals surface area contributed by atoms with Crippen molar-refractivity contribution in [1.82, 2.24) is 0 Å². The summed E-state index contributed by atoms with van der Waals surface area (Å²) in [6.45, 7) is 1.74. The molecule has 3 aromatic carbocycles. The lowest BCUT2D eigenvalue weighted by Gasteiger charge is -2.18. The van der Waals surface area contributed by atoms with E-state index in [4.69, 9.17) is 4.74 Å². The van der Waals surface area contributed by atoms with Crippen LogP contribution in [0.1, 0.15) is 12.0 Å². The van der Waals surface area contributed by atoms with Gasteiger partial charge in [-0.15, -0.1) is 0 Å². The lowest BCUT2D eigenvalue weighted by Crippen LogP contribution is -2.28. The Balaban J connectivity index is 1.38. The Hall–Kier alpha value is -3.67. The summed E-state index contributed by atoms with van der Waals surface area (Å²) in [5.41, 5.74) is 2.38. The third kappa shape index (κ3) is 4.03. The zero-order valence-electron chi connectivity index (χ0n) is 16.6. The Bertz CT molecular complexity index is 1120. The van der Waals surface area contributed by atoms with Gasteiger partial charge in [0.25, 0.3) is 5.91 Å². The van der Waals surface area contributed by atoms with Crippen LogP contribution < -0.4 is 10.2 Å². The number of carbonyl (C=O) groups excluding carboxylic acids is 3. The SMILES string of the molecule is Cc1ccccc1NC(=O)COC(=O)[C@H]1CC(=O)N(c2cccc3ccccc23)C1. The Morgan fingerprint density at radius 3 is 2.60 bits per heavy atom. The van der Waals surface area contributed by atoms with Crippen LogP contribution in [0.5, 0.6) is 0 Å². The van der Waals surface area contributed by atoms with Gasteiger partial charge in [0.1, 0.15) is 0 Å². The van der Waals surface area contributed by atoms with Gasteiger partial charge in [0.2, 0.25) is 5.91 Å².